The molecule has 32 heavy (non-hydrogen) atoms. The average Bonchev–Trinajstić information content (AvgIpc) is 3.40. The molecule has 2 aromatic carbocycles. The molecule has 2 N–H and O–H groups in total. The van der Waals surface area contributed by atoms with E-state index >= 15 is 0 Å². The van der Waals surface area contributed by atoms with Gasteiger partial charge in [-0.3, -0.25) is 9.52 Å². The normalized spacial score (nSPS) is 16.5. The maximum atomic E-state index is 12.8. The molecule has 1 saturated heterocycles. The van der Waals surface area contributed by atoms with Crippen LogP contribution in [-0.2, 0) is 21.2 Å². The lowest BCUT2D eigenvalue weighted by Gasteiger charge is -2.18. The van der Waals surface area contributed by atoms with Crippen molar-refractivity contribution in [1.82, 2.24) is 10.3 Å². The molecule has 0 saturated carbocycles. The number of hydrogen-bond acceptors (Lipinski definition) is 6. The number of nitrogens with one attached hydrogen (secondary N) is 2. The summed E-state index contributed by atoms with van der Waals surface area (Å²) in [6, 6.07) is 11.5. The van der Waals surface area contributed by atoms with Crippen molar-refractivity contribution in [3.63, 3.8) is 0 Å². The predicted molar refractivity (Wildman–Crippen MR) is 133 cm³/mol. The lowest BCUT2D eigenvalue weighted by Crippen LogP contribution is -2.39. The standard InChI is InChI=1S/C21H20Cl2N4O3S2.2H2/c22-17-6-1-14(13-18(17)23)7-9-24-19-8-11-27(20(19)28)15-2-4-16(5-3-15)32(29,30)26-21-25-10-12-31-21;;/h1-6,10,12-13,19,24H,7-9,11H2,(H,25,26);2*1H/t19-;;/m0../s1. The molecule has 1 aliphatic heterocycles. The van der Waals surface area contributed by atoms with Gasteiger partial charge in [-0.05, 0) is 61.3 Å². The number of sulfonamides is 1. The summed E-state index contributed by atoms with van der Waals surface area (Å²) in [5.41, 5.74) is 1.70. The van der Waals surface area contributed by atoms with E-state index in [4.69, 9.17) is 23.2 Å². The lowest BCUT2D eigenvalue weighted by molar-refractivity contribution is -0.118. The monoisotopic (exact) mass is 514 g/mol. The first-order valence-corrected chi connectivity index (χ1v) is 13.0. The molecule has 7 nitrogen and oxygen atoms in total. The number of carbonyl (C=O) groups is 1. The summed E-state index contributed by atoms with van der Waals surface area (Å²) < 4.78 is 27.4. The van der Waals surface area contributed by atoms with Gasteiger partial charge < -0.3 is 10.2 Å². The molecule has 11 heteroatoms. The fraction of sp³-hybridized carbons (Fsp3) is 0.238. The quantitative estimate of drug-likeness (QED) is 0.455. The van der Waals surface area contributed by atoms with E-state index < -0.39 is 10.0 Å². The van der Waals surface area contributed by atoms with Crippen LogP contribution >= 0.6 is 34.5 Å². The largest absolute Gasteiger partial charge is 0.311 e. The zero-order chi connectivity index (χ0) is 22.7. The SMILES string of the molecule is O=C1[C@@H](NCCc2ccc(Cl)c(Cl)c2)CCN1c1ccc(S(=O)(=O)Nc2nccs2)cc1.[HH].[HH]. The predicted octanol–water partition coefficient (Wildman–Crippen LogP) is 4.68. The van der Waals surface area contributed by atoms with E-state index in [1.54, 1.807) is 28.5 Å². The van der Waals surface area contributed by atoms with Crippen LogP contribution in [-0.4, -0.2) is 38.4 Å². The maximum absolute atomic E-state index is 12.8. The highest BCUT2D eigenvalue weighted by molar-refractivity contribution is 7.93. The summed E-state index contributed by atoms with van der Waals surface area (Å²) in [6.45, 7) is 1.19. The summed E-state index contributed by atoms with van der Waals surface area (Å²) >= 11 is 13.2. The van der Waals surface area contributed by atoms with Crippen molar-refractivity contribution < 1.29 is 16.1 Å². The molecule has 1 fully saturated rings. The summed E-state index contributed by atoms with van der Waals surface area (Å²) in [5.74, 6) is -0.0318. The van der Waals surface area contributed by atoms with Gasteiger partial charge in [-0.25, -0.2) is 13.4 Å². The van der Waals surface area contributed by atoms with E-state index in [1.807, 2.05) is 12.1 Å². The molecule has 0 bridgehead atoms. The summed E-state index contributed by atoms with van der Waals surface area (Å²) in [5, 5.41) is 6.32. The van der Waals surface area contributed by atoms with Gasteiger partial charge in [0, 0.05) is 26.7 Å². The van der Waals surface area contributed by atoms with Crippen LogP contribution in [0.15, 0.2) is 58.9 Å². The first-order valence-electron chi connectivity index (χ1n) is 9.84. The third-order valence-electron chi connectivity index (χ3n) is 5.11. The molecule has 1 amide bonds. The third-order valence-corrected chi connectivity index (χ3v) is 8.02. The molecule has 0 radical (unpaired) electrons. The van der Waals surface area contributed by atoms with E-state index in [-0.39, 0.29) is 19.7 Å². The Hall–Kier alpha value is -2.17. The number of carbonyl (C=O) groups excluding carboxylic acids is 1. The molecular formula is C21H24Cl2N4O3S2. The highest BCUT2D eigenvalue weighted by Crippen LogP contribution is 2.25. The number of rotatable bonds is 8. The zero-order valence-electron chi connectivity index (χ0n) is 16.8. The fourth-order valence-corrected chi connectivity index (χ4v) is 5.57. The van der Waals surface area contributed by atoms with Crippen molar-refractivity contribution >= 4 is 61.3 Å². The second kappa shape index (κ2) is 9.76. The number of benzene rings is 2. The number of hydrogen-bond donors (Lipinski definition) is 2. The number of thiazole rings is 1. The zero-order valence-corrected chi connectivity index (χ0v) is 19.9. The third kappa shape index (κ3) is 5.24. The van der Waals surface area contributed by atoms with Gasteiger partial charge in [-0.15, -0.1) is 11.3 Å². The number of aromatic nitrogens is 1. The van der Waals surface area contributed by atoms with Crippen LogP contribution in [0.25, 0.3) is 0 Å². The van der Waals surface area contributed by atoms with E-state index in [0.717, 1.165) is 12.0 Å². The minimum atomic E-state index is -3.73. The molecule has 3 aromatic rings. The first kappa shape index (κ1) is 23.0. The Labute approximate surface area is 203 Å². The Morgan fingerprint density at radius 2 is 1.94 bits per heavy atom. The molecular weight excluding hydrogens is 491 g/mol. The Kier molecular flexibility index (Phi) is 7.02. The summed E-state index contributed by atoms with van der Waals surface area (Å²) in [4.78, 5) is 18.5. The second-order valence-corrected chi connectivity index (χ2v) is 10.6. The van der Waals surface area contributed by atoms with Gasteiger partial charge in [-0.2, -0.15) is 0 Å². The number of anilines is 2. The van der Waals surface area contributed by atoms with Crippen molar-refractivity contribution in [2.45, 2.75) is 23.8 Å². The van der Waals surface area contributed by atoms with Crippen LogP contribution in [0.3, 0.4) is 0 Å². The molecule has 172 valence electrons. The van der Waals surface area contributed by atoms with Gasteiger partial charge in [0.1, 0.15) is 0 Å². The summed E-state index contributed by atoms with van der Waals surface area (Å²) in [7, 11) is -3.73. The summed E-state index contributed by atoms with van der Waals surface area (Å²) in [6.07, 6.45) is 2.92. The fourth-order valence-electron chi connectivity index (χ4n) is 3.46. The van der Waals surface area contributed by atoms with Crippen LogP contribution in [0.5, 0.6) is 0 Å². The van der Waals surface area contributed by atoms with Crippen molar-refractivity contribution in [2.75, 3.05) is 22.7 Å². The Bertz CT molecular complexity index is 1210. The molecule has 0 spiro atoms. The van der Waals surface area contributed by atoms with Gasteiger partial charge in [0.2, 0.25) is 5.91 Å². The van der Waals surface area contributed by atoms with Crippen LogP contribution in [0.2, 0.25) is 10.0 Å². The van der Waals surface area contributed by atoms with Gasteiger partial charge in [0.25, 0.3) is 10.0 Å². The molecule has 0 unspecified atom stereocenters. The van der Waals surface area contributed by atoms with Gasteiger partial charge in [0.05, 0.1) is 21.0 Å². The molecule has 4 rings (SSSR count). The molecule has 0 aliphatic carbocycles. The molecule has 1 aromatic heterocycles. The Balaban J connectivity index is 0.00000204. The van der Waals surface area contributed by atoms with Crippen molar-refractivity contribution in [3.05, 3.63) is 69.7 Å². The van der Waals surface area contributed by atoms with Crippen LogP contribution in [0, 0.1) is 0 Å². The van der Waals surface area contributed by atoms with Gasteiger partial charge >= 0.3 is 0 Å². The van der Waals surface area contributed by atoms with Crippen LogP contribution in [0.1, 0.15) is 14.8 Å². The minimum absolute atomic E-state index is 0. The number of halogens is 2. The van der Waals surface area contributed by atoms with E-state index in [1.165, 1.54) is 29.7 Å². The highest BCUT2D eigenvalue weighted by Gasteiger charge is 2.32. The van der Waals surface area contributed by atoms with Crippen molar-refractivity contribution in [3.8, 4) is 0 Å². The second-order valence-electron chi connectivity index (χ2n) is 7.22. The van der Waals surface area contributed by atoms with E-state index in [0.29, 0.717) is 40.4 Å². The molecule has 1 atom stereocenters. The molecule has 1 aliphatic rings. The molecule has 2 heterocycles. The first-order chi connectivity index (χ1) is 15.3. The van der Waals surface area contributed by atoms with E-state index in [2.05, 4.69) is 15.0 Å². The topological polar surface area (TPSA) is 91.4 Å². The number of nitrogens with zero attached hydrogens (tertiary/aromatic N) is 2. The highest BCUT2D eigenvalue weighted by atomic mass is 35.5. The lowest BCUT2D eigenvalue weighted by atomic mass is 10.1. The van der Waals surface area contributed by atoms with Crippen molar-refractivity contribution in [2.24, 2.45) is 0 Å². The Morgan fingerprint density at radius 1 is 1.16 bits per heavy atom. The van der Waals surface area contributed by atoms with Gasteiger partial charge in [0.15, 0.2) is 5.13 Å². The smallest absolute Gasteiger partial charge is 0.263 e. The Morgan fingerprint density at radius 3 is 2.62 bits per heavy atom. The maximum Gasteiger partial charge on any atom is 0.263 e. The van der Waals surface area contributed by atoms with E-state index in [9.17, 15) is 13.2 Å². The minimum Gasteiger partial charge on any atom is -0.311 e. The van der Waals surface area contributed by atoms with Gasteiger partial charge in [-0.1, -0.05) is 29.3 Å². The van der Waals surface area contributed by atoms with Crippen molar-refractivity contribution in [1.29, 1.82) is 0 Å². The van der Waals surface area contributed by atoms with Crippen LogP contribution < -0.4 is 14.9 Å². The average molecular weight is 515 g/mol. The van der Waals surface area contributed by atoms with Crippen LogP contribution in [0.4, 0.5) is 10.8 Å². The number of amides is 1.